The summed E-state index contributed by atoms with van der Waals surface area (Å²) in [5.74, 6) is 0.332. The van der Waals surface area contributed by atoms with E-state index in [0.717, 1.165) is 11.3 Å². The van der Waals surface area contributed by atoms with E-state index in [9.17, 15) is 8.42 Å². The van der Waals surface area contributed by atoms with Crippen LogP contribution in [-0.2, 0) is 23.6 Å². The number of aryl methyl sites for hydroxylation is 1. The number of anilines is 1. The Morgan fingerprint density at radius 3 is 2.71 bits per heavy atom. The van der Waals surface area contributed by atoms with Gasteiger partial charge in [-0.15, -0.1) is 0 Å². The number of sulfonamides is 1. The topological polar surface area (TPSA) is 90.0 Å². The molecule has 0 aliphatic rings. The van der Waals surface area contributed by atoms with Crippen molar-refractivity contribution in [2.45, 2.75) is 31.2 Å². The second kappa shape index (κ2) is 5.87. The summed E-state index contributed by atoms with van der Waals surface area (Å²) in [6.07, 6.45) is 1.96. The van der Waals surface area contributed by atoms with Gasteiger partial charge in [-0.3, -0.25) is 4.68 Å². The average Bonchev–Trinajstić information content (AvgIpc) is 2.77. The lowest BCUT2D eigenvalue weighted by atomic mass is 10.1. The predicted octanol–water partition coefficient (Wildman–Crippen LogP) is 1.80. The first-order chi connectivity index (χ1) is 9.77. The van der Waals surface area contributed by atoms with Gasteiger partial charge in [0.15, 0.2) is 0 Å². The maximum atomic E-state index is 11.3. The quantitative estimate of drug-likeness (QED) is 0.881. The zero-order valence-corrected chi connectivity index (χ0v) is 13.2. The Morgan fingerprint density at radius 2 is 2.10 bits per heavy atom. The summed E-state index contributed by atoms with van der Waals surface area (Å²) in [5.41, 5.74) is 2.83. The van der Waals surface area contributed by atoms with Crippen LogP contribution in [0.15, 0.2) is 35.4 Å². The molecular weight excluding hydrogens is 288 g/mol. The summed E-state index contributed by atoms with van der Waals surface area (Å²) in [7, 11) is -1.80. The highest BCUT2D eigenvalue weighted by Crippen LogP contribution is 2.20. The van der Waals surface area contributed by atoms with Crippen LogP contribution in [0.25, 0.3) is 0 Å². The molecule has 0 spiro atoms. The molecule has 1 aromatic heterocycles. The zero-order valence-electron chi connectivity index (χ0n) is 12.4. The molecule has 0 unspecified atom stereocenters. The number of primary sulfonamides is 1. The summed E-state index contributed by atoms with van der Waals surface area (Å²) >= 11 is 0. The van der Waals surface area contributed by atoms with Gasteiger partial charge >= 0.3 is 0 Å². The SMILES string of the molecule is CC(C)c1nn(C)cc1CNc1cccc(S(N)(=O)=O)c1. The van der Waals surface area contributed by atoms with Gasteiger partial charge in [-0.25, -0.2) is 13.6 Å². The first-order valence-corrected chi connectivity index (χ1v) is 8.21. The number of rotatable bonds is 5. The molecule has 21 heavy (non-hydrogen) atoms. The first kappa shape index (κ1) is 15.5. The molecule has 0 radical (unpaired) electrons. The van der Waals surface area contributed by atoms with Crippen LogP contribution in [0.3, 0.4) is 0 Å². The molecular formula is C14H20N4O2S. The molecule has 114 valence electrons. The molecule has 0 bridgehead atoms. The maximum Gasteiger partial charge on any atom is 0.238 e. The molecule has 1 heterocycles. The highest BCUT2D eigenvalue weighted by atomic mass is 32.2. The van der Waals surface area contributed by atoms with E-state index in [1.807, 2.05) is 13.2 Å². The maximum absolute atomic E-state index is 11.3. The van der Waals surface area contributed by atoms with E-state index in [1.54, 1.807) is 16.8 Å². The van der Waals surface area contributed by atoms with E-state index in [-0.39, 0.29) is 4.90 Å². The smallest absolute Gasteiger partial charge is 0.238 e. The molecule has 0 saturated carbocycles. The fraction of sp³-hybridized carbons (Fsp3) is 0.357. The van der Waals surface area contributed by atoms with Gasteiger partial charge in [-0.1, -0.05) is 19.9 Å². The number of hydrogen-bond acceptors (Lipinski definition) is 4. The Morgan fingerprint density at radius 1 is 1.38 bits per heavy atom. The van der Waals surface area contributed by atoms with Gasteiger partial charge in [0.1, 0.15) is 0 Å². The molecule has 6 nitrogen and oxygen atoms in total. The fourth-order valence-corrected chi connectivity index (χ4v) is 2.72. The molecule has 0 fully saturated rings. The van der Waals surface area contributed by atoms with Crippen molar-refractivity contribution in [1.29, 1.82) is 0 Å². The molecule has 0 aliphatic heterocycles. The van der Waals surface area contributed by atoms with Gasteiger partial charge in [0.2, 0.25) is 10.0 Å². The normalized spacial score (nSPS) is 11.9. The van der Waals surface area contributed by atoms with Crippen LogP contribution >= 0.6 is 0 Å². The molecule has 0 saturated heterocycles. The standard InChI is InChI=1S/C14H20N4O2S/c1-10(2)14-11(9-18(3)17-14)8-16-12-5-4-6-13(7-12)21(15,19)20/h4-7,9-10,16H,8H2,1-3H3,(H2,15,19,20). The molecule has 7 heteroatoms. The summed E-state index contributed by atoms with van der Waals surface area (Å²) in [5, 5.41) is 12.8. The van der Waals surface area contributed by atoms with Crippen molar-refractivity contribution >= 4 is 15.7 Å². The van der Waals surface area contributed by atoms with Crippen molar-refractivity contribution in [3.63, 3.8) is 0 Å². The summed E-state index contributed by atoms with van der Waals surface area (Å²) in [6, 6.07) is 6.47. The van der Waals surface area contributed by atoms with E-state index >= 15 is 0 Å². The van der Waals surface area contributed by atoms with Crippen LogP contribution in [0.4, 0.5) is 5.69 Å². The number of benzene rings is 1. The van der Waals surface area contributed by atoms with Crippen LogP contribution in [0.1, 0.15) is 31.0 Å². The van der Waals surface area contributed by atoms with E-state index in [2.05, 4.69) is 24.3 Å². The zero-order chi connectivity index (χ0) is 15.6. The lowest BCUT2D eigenvalue weighted by Crippen LogP contribution is -2.12. The van der Waals surface area contributed by atoms with Crippen LogP contribution < -0.4 is 10.5 Å². The van der Waals surface area contributed by atoms with Crippen molar-refractivity contribution in [3.05, 3.63) is 41.7 Å². The van der Waals surface area contributed by atoms with Gasteiger partial charge in [0.05, 0.1) is 10.6 Å². The van der Waals surface area contributed by atoms with Gasteiger partial charge in [-0.05, 0) is 24.1 Å². The summed E-state index contributed by atoms with van der Waals surface area (Å²) in [6.45, 7) is 4.76. The van der Waals surface area contributed by atoms with E-state index in [0.29, 0.717) is 18.2 Å². The minimum absolute atomic E-state index is 0.0998. The Hall–Kier alpha value is -1.86. The van der Waals surface area contributed by atoms with E-state index < -0.39 is 10.0 Å². The number of nitrogens with two attached hydrogens (primary N) is 1. The second-order valence-electron chi connectivity index (χ2n) is 5.29. The van der Waals surface area contributed by atoms with Crippen molar-refractivity contribution in [2.75, 3.05) is 5.32 Å². The van der Waals surface area contributed by atoms with E-state index in [4.69, 9.17) is 5.14 Å². The molecule has 0 aliphatic carbocycles. The van der Waals surface area contributed by atoms with Crippen LogP contribution in [0.5, 0.6) is 0 Å². The Kier molecular flexibility index (Phi) is 4.34. The molecule has 0 amide bonds. The monoisotopic (exact) mass is 308 g/mol. The first-order valence-electron chi connectivity index (χ1n) is 6.66. The number of nitrogens with zero attached hydrogens (tertiary/aromatic N) is 2. The summed E-state index contributed by atoms with van der Waals surface area (Å²) < 4.78 is 24.5. The highest BCUT2D eigenvalue weighted by molar-refractivity contribution is 7.89. The van der Waals surface area contributed by atoms with Crippen molar-refractivity contribution in [2.24, 2.45) is 12.2 Å². The van der Waals surface area contributed by atoms with E-state index in [1.165, 1.54) is 12.1 Å². The van der Waals surface area contributed by atoms with Crippen molar-refractivity contribution < 1.29 is 8.42 Å². The number of aromatic nitrogens is 2. The third-order valence-corrected chi connectivity index (χ3v) is 4.04. The van der Waals surface area contributed by atoms with Gasteiger partial charge in [0, 0.05) is 31.0 Å². The average molecular weight is 308 g/mol. The number of nitrogens with one attached hydrogen (secondary N) is 1. The van der Waals surface area contributed by atoms with Gasteiger partial charge in [-0.2, -0.15) is 5.10 Å². The molecule has 0 atom stereocenters. The predicted molar refractivity (Wildman–Crippen MR) is 82.4 cm³/mol. The fourth-order valence-electron chi connectivity index (χ4n) is 2.16. The minimum atomic E-state index is -3.68. The molecule has 2 rings (SSSR count). The van der Waals surface area contributed by atoms with Crippen molar-refractivity contribution in [3.8, 4) is 0 Å². The highest BCUT2D eigenvalue weighted by Gasteiger charge is 2.12. The Labute approximate surface area is 125 Å². The molecule has 1 aromatic carbocycles. The van der Waals surface area contributed by atoms with Crippen molar-refractivity contribution in [1.82, 2.24) is 9.78 Å². The lowest BCUT2D eigenvalue weighted by molar-refractivity contribution is 0.598. The molecule has 3 N–H and O–H groups in total. The van der Waals surface area contributed by atoms with Gasteiger partial charge < -0.3 is 5.32 Å². The minimum Gasteiger partial charge on any atom is -0.381 e. The summed E-state index contributed by atoms with van der Waals surface area (Å²) in [4.78, 5) is 0.0998. The second-order valence-corrected chi connectivity index (χ2v) is 6.86. The van der Waals surface area contributed by atoms with Crippen LogP contribution in [0, 0.1) is 0 Å². The van der Waals surface area contributed by atoms with Crippen LogP contribution in [0.2, 0.25) is 0 Å². The Balaban J connectivity index is 2.17. The number of hydrogen-bond donors (Lipinski definition) is 2. The molecule has 2 aromatic rings. The lowest BCUT2D eigenvalue weighted by Gasteiger charge is -2.09. The third-order valence-electron chi connectivity index (χ3n) is 3.13. The Bertz CT molecular complexity index is 735. The largest absolute Gasteiger partial charge is 0.381 e. The van der Waals surface area contributed by atoms with Crippen LogP contribution in [-0.4, -0.2) is 18.2 Å². The van der Waals surface area contributed by atoms with Gasteiger partial charge in [0.25, 0.3) is 0 Å². The third kappa shape index (κ3) is 3.83.